The summed E-state index contributed by atoms with van der Waals surface area (Å²) in [4.78, 5) is 40.6. The average molecular weight is 529 g/mol. The molecule has 3 aromatic rings. The topological polar surface area (TPSA) is 81.7 Å². The zero-order valence-electron chi connectivity index (χ0n) is 19.6. The molecule has 188 valence electrons. The Morgan fingerprint density at radius 2 is 1.78 bits per heavy atom. The molecule has 2 aliphatic rings. The molecule has 4 heterocycles. The lowest BCUT2D eigenvalue weighted by Crippen LogP contribution is -2.48. The zero-order valence-corrected chi connectivity index (χ0v) is 21.2. The second-order valence-corrected chi connectivity index (χ2v) is 10.2. The number of likely N-dealkylation sites (tertiary alicyclic amines) is 1. The third-order valence-corrected chi connectivity index (χ3v) is 7.39. The van der Waals surface area contributed by atoms with Crippen LogP contribution in [0.1, 0.15) is 39.3 Å². The summed E-state index contributed by atoms with van der Waals surface area (Å²) in [5.41, 5.74) is 1.36. The lowest BCUT2D eigenvalue weighted by molar-refractivity contribution is 0.0621. The van der Waals surface area contributed by atoms with Crippen molar-refractivity contribution in [1.82, 2.24) is 24.7 Å². The Balaban J connectivity index is 1.28. The minimum Gasteiger partial charge on any atom is -0.339 e. The Hall–Kier alpha value is -3.08. The molecule has 1 aromatic carbocycles. The van der Waals surface area contributed by atoms with Crippen LogP contribution >= 0.6 is 22.9 Å². The number of anilines is 2. The fraction of sp³-hybridized carbons (Fsp3) is 0.360. The maximum atomic E-state index is 14.3. The molecule has 0 saturated carbocycles. The van der Waals surface area contributed by atoms with E-state index < -0.39 is 5.82 Å². The van der Waals surface area contributed by atoms with Crippen LogP contribution < -0.4 is 5.32 Å². The Bertz CT molecular complexity index is 1240. The van der Waals surface area contributed by atoms with Gasteiger partial charge < -0.3 is 15.1 Å². The van der Waals surface area contributed by atoms with Gasteiger partial charge in [0.25, 0.3) is 11.8 Å². The van der Waals surface area contributed by atoms with Crippen LogP contribution in [0.5, 0.6) is 0 Å². The van der Waals surface area contributed by atoms with E-state index in [4.69, 9.17) is 16.6 Å². The fourth-order valence-electron chi connectivity index (χ4n) is 4.53. The van der Waals surface area contributed by atoms with Gasteiger partial charge in [-0.05, 0) is 37.1 Å². The molecular weight excluding hydrogens is 503 g/mol. The average Bonchev–Trinajstić information content (AvgIpc) is 3.60. The largest absolute Gasteiger partial charge is 0.339 e. The Morgan fingerprint density at radius 1 is 1.03 bits per heavy atom. The van der Waals surface area contributed by atoms with Gasteiger partial charge in [0, 0.05) is 63.0 Å². The van der Waals surface area contributed by atoms with Gasteiger partial charge in [0.15, 0.2) is 10.9 Å². The quantitative estimate of drug-likeness (QED) is 0.514. The number of hydrogen-bond donors (Lipinski definition) is 1. The maximum absolute atomic E-state index is 14.3. The van der Waals surface area contributed by atoms with E-state index >= 15 is 0 Å². The predicted octanol–water partition coefficient (Wildman–Crippen LogP) is 4.27. The SMILES string of the molecule is O=C(c1cc(CN2CCN(C(=O)c3cccc(Cl)c3F)CC2)nc(Nc2nccs2)c1)N1CCCC1. The van der Waals surface area contributed by atoms with Crippen LogP contribution in [0, 0.1) is 5.82 Å². The van der Waals surface area contributed by atoms with Gasteiger partial charge in [-0.2, -0.15) is 0 Å². The molecule has 2 aromatic heterocycles. The molecule has 2 amide bonds. The van der Waals surface area contributed by atoms with E-state index in [1.165, 1.54) is 23.5 Å². The Morgan fingerprint density at radius 3 is 2.50 bits per heavy atom. The van der Waals surface area contributed by atoms with Gasteiger partial charge in [0.05, 0.1) is 16.3 Å². The van der Waals surface area contributed by atoms with Crippen molar-refractivity contribution in [3.05, 3.63) is 69.6 Å². The van der Waals surface area contributed by atoms with Gasteiger partial charge in [-0.25, -0.2) is 14.4 Å². The lowest BCUT2D eigenvalue weighted by atomic mass is 10.1. The monoisotopic (exact) mass is 528 g/mol. The molecule has 2 saturated heterocycles. The number of hydrogen-bond acceptors (Lipinski definition) is 7. The van der Waals surface area contributed by atoms with E-state index in [1.807, 2.05) is 16.3 Å². The summed E-state index contributed by atoms with van der Waals surface area (Å²) in [6.07, 6.45) is 3.76. The molecule has 0 aliphatic carbocycles. The summed E-state index contributed by atoms with van der Waals surface area (Å²) in [7, 11) is 0. The number of aromatic nitrogens is 2. The molecule has 0 unspecified atom stereocenters. The third kappa shape index (κ3) is 5.50. The number of nitrogens with zero attached hydrogens (tertiary/aromatic N) is 5. The summed E-state index contributed by atoms with van der Waals surface area (Å²) < 4.78 is 14.3. The molecule has 0 radical (unpaired) electrons. The van der Waals surface area contributed by atoms with E-state index in [2.05, 4.69) is 15.2 Å². The number of halogens is 2. The number of rotatable bonds is 6. The van der Waals surface area contributed by atoms with Crippen LogP contribution in [0.15, 0.2) is 41.9 Å². The normalized spacial score (nSPS) is 16.4. The van der Waals surface area contributed by atoms with Crippen molar-refractivity contribution in [2.75, 3.05) is 44.6 Å². The summed E-state index contributed by atoms with van der Waals surface area (Å²) >= 11 is 7.31. The minimum absolute atomic E-state index is 0.0105. The number of carbonyl (C=O) groups excluding carboxylic acids is 2. The highest BCUT2D eigenvalue weighted by atomic mass is 35.5. The standard InChI is InChI=1S/C25H26ClFN6O2S/c26-20-5-3-4-19(22(20)27)24(35)33-11-9-31(10-12-33)16-18-14-17(23(34)32-7-1-2-8-32)15-21(29-18)30-25-28-6-13-36-25/h3-6,13-15H,1-2,7-12,16H2,(H,28,29,30). The van der Waals surface area contributed by atoms with Crippen molar-refractivity contribution < 1.29 is 14.0 Å². The second kappa shape index (κ2) is 10.9. The lowest BCUT2D eigenvalue weighted by Gasteiger charge is -2.34. The van der Waals surface area contributed by atoms with E-state index in [-0.39, 0.29) is 22.4 Å². The second-order valence-electron chi connectivity index (χ2n) is 8.86. The molecule has 2 fully saturated rings. The molecule has 5 rings (SSSR count). The van der Waals surface area contributed by atoms with Gasteiger partial charge in [-0.15, -0.1) is 11.3 Å². The summed E-state index contributed by atoms with van der Waals surface area (Å²) in [5, 5.41) is 5.73. The van der Waals surface area contributed by atoms with Gasteiger partial charge in [0.2, 0.25) is 0 Å². The predicted molar refractivity (Wildman–Crippen MR) is 137 cm³/mol. The van der Waals surface area contributed by atoms with Crippen molar-refractivity contribution >= 4 is 45.7 Å². The minimum atomic E-state index is -0.685. The molecule has 8 nitrogen and oxygen atoms in total. The first-order valence-electron chi connectivity index (χ1n) is 11.9. The number of pyridine rings is 1. The molecule has 1 N–H and O–H groups in total. The number of piperazine rings is 1. The number of benzene rings is 1. The Kier molecular flexibility index (Phi) is 7.45. The fourth-order valence-corrected chi connectivity index (χ4v) is 5.24. The van der Waals surface area contributed by atoms with Gasteiger partial charge in [0.1, 0.15) is 5.82 Å². The van der Waals surface area contributed by atoms with Crippen molar-refractivity contribution in [3.8, 4) is 0 Å². The molecule has 36 heavy (non-hydrogen) atoms. The first-order chi connectivity index (χ1) is 17.5. The van der Waals surface area contributed by atoms with Gasteiger partial charge in [-0.3, -0.25) is 14.5 Å². The van der Waals surface area contributed by atoms with Crippen LogP contribution in [0.4, 0.5) is 15.3 Å². The summed E-state index contributed by atoms with van der Waals surface area (Å²) in [6.45, 7) is 4.21. The number of amides is 2. The zero-order chi connectivity index (χ0) is 25.1. The van der Waals surface area contributed by atoms with Crippen molar-refractivity contribution in [2.45, 2.75) is 19.4 Å². The molecule has 0 bridgehead atoms. The first kappa shape index (κ1) is 24.6. The van der Waals surface area contributed by atoms with Gasteiger partial charge >= 0.3 is 0 Å². The molecule has 11 heteroatoms. The highest BCUT2D eigenvalue weighted by molar-refractivity contribution is 7.13. The van der Waals surface area contributed by atoms with E-state index in [0.717, 1.165) is 31.6 Å². The smallest absolute Gasteiger partial charge is 0.256 e. The molecule has 0 spiro atoms. The van der Waals surface area contributed by atoms with Crippen LogP contribution in [-0.2, 0) is 6.54 Å². The maximum Gasteiger partial charge on any atom is 0.256 e. The van der Waals surface area contributed by atoms with E-state index in [1.54, 1.807) is 23.2 Å². The van der Waals surface area contributed by atoms with Crippen molar-refractivity contribution in [2.24, 2.45) is 0 Å². The van der Waals surface area contributed by atoms with Crippen molar-refractivity contribution in [3.63, 3.8) is 0 Å². The molecule has 2 aliphatic heterocycles. The Labute approximate surface area is 217 Å². The van der Waals surface area contributed by atoms with Crippen LogP contribution in [0.3, 0.4) is 0 Å². The van der Waals surface area contributed by atoms with E-state index in [0.29, 0.717) is 49.2 Å². The van der Waals surface area contributed by atoms with Crippen molar-refractivity contribution in [1.29, 1.82) is 0 Å². The third-order valence-electron chi connectivity index (χ3n) is 6.41. The molecular formula is C25H26ClFN6O2S. The van der Waals surface area contributed by atoms with E-state index in [9.17, 15) is 14.0 Å². The van der Waals surface area contributed by atoms with Crippen LogP contribution in [0.25, 0.3) is 0 Å². The van der Waals surface area contributed by atoms with Crippen LogP contribution in [0.2, 0.25) is 5.02 Å². The first-order valence-corrected chi connectivity index (χ1v) is 13.2. The highest BCUT2D eigenvalue weighted by Crippen LogP contribution is 2.23. The summed E-state index contributed by atoms with van der Waals surface area (Å²) in [6, 6.07) is 8.10. The van der Waals surface area contributed by atoms with Gasteiger partial charge in [-0.1, -0.05) is 17.7 Å². The summed E-state index contributed by atoms with van der Waals surface area (Å²) in [5.74, 6) is -0.455. The number of thiazole rings is 1. The highest BCUT2D eigenvalue weighted by Gasteiger charge is 2.26. The molecule has 0 atom stereocenters. The number of carbonyl (C=O) groups is 2. The number of nitrogens with one attached hydrogen (secondary N) is 1. The van der Waals surface area contributed by atoms with Crippen LogP contribution in [-0.4, -0.2) is 75.8 Å².